The summed E-state index contributed by atoms with van der Waals surface area (Å²) in [6.07, 6.45) is 2.11. The number of nitrogens with zero attached hydrogens (tertiary/aromatic N) is 1. The molecule has 2 aromatic carbocycles. The number of fused-ring (bicyclic) bond motifs is 2. The van der Waals surface area contributed by atoms with Crippen LogP contribution < -0.4 is 5.32 Å². The van der Waals surface area contributed by atoms with Gasteiger partial charge in [0.05, 0.1) is 0 Å². The van der Waals surface area contributed by atoms with Crippen molar-refractivity contribution in [1.29, 1.82) is 0 Å². The fraction of sp³-hybridized carbons (Fsp3) is 0.333. The minimum Gasteiger partial charge on any atom is -0.329 e. The van der Waals surface area contributed by atoms with Crippen LogP contribution in [0.5, 0.6) is 0 Å². The SMILES string of the molecule is O=C1CN(C(=O)CCC2CCc3cc(F)c(F)cc32)Cc2ccc(F)cc2N1. The van der Waals surface area contributed by atoms with E-state index in [-0.39, 0.29) is 37.2 Å². The van der Waals surface area contributed by atoms with E-state index in [1.165, 1.54) is 29.2 Å². The number of rotatable bonds is 3. The average molecular weight is 388 g/mol. The zero-order valence-corrected chi connectivity index (χ0v) is 15.1. The van der Waals surface area contributed by atoms with Gasteiger partial charge in [-0.25, -0.2) is 13.2 Å². The fourth-order valence-corrected chi connectivity index (χ4v) is 4.04. The highest BCUT2D eigenvalue weighted by Crippen LogP contribution is 2.37. The molecule has 28 heavy (non-hydrogen) atoms. The van der Waals surface area contributed by atoms with Gasteiger partial charge in [0.2, 0.25) is 11.8 Å². The second-order valence-electron chi connectivity index (χ2n) is 7.34. The number of aryl methyl sites for hydroxylation is 1. The molecule has 4 rings (SSSR count). The van der Waals surface area contributed by atoms with Crippen LogP contribution in [0.25, 0.3) is 0 Å². The molecule has 0 bridgehead atoms. The molecule has 2 aliphatic rings. The number of anilines is 1. The highest BCUT2D eigenvalue weighted by Gasteiger charge is 2.28. The van der Waals surface area contributed by atoms with Crippen LogP contribution in [0.3, 0.4) is 0 Å². The van der Waals surface area contributed by atoms with Gasteiger partial charge in [0, 0.05) is 18.7 Å². The molecular weight excluding hydrogens is 369 g/mol. The molecule has 1 aliphatic carbocycles. The number of benzene rings is 2. The number of amides is 2. The van der Waals surface area contributed by atoms with Gasteiger partial charge in [0.1, 0.15) is 12.4 Å². The molecule has 1 atom stereocenters. The number of carbonyl (C=O) groups excluding carboxylic acids is 2. The summed E-state index contributed by atoms with van der Waals surface area (Å²) in [5, 5.41) is 2.62. The van der Waals surface area contributed by atoms with Crippen molar-refractivity contribution in [1.82, 2.24) is 4.90 Å². The minimum absolute atomic E-state index is 0.00348. The summed E-state index contributed by atoms with van der Waals surface area (Å²) >= 11 is 0. The average Bonchev–Trinajstić information content (AvgIpc) is 2.94. The Morgan fingerprint density at radius 3 is 2.68 bits per heavy atom. The van der Waals surface area contributed by atoms with Gasteiger partial charge in [-0.05, 0) is 66.1 Å². The van der Waals surface area contributed by atoms with Crippen LogP contribution in [0.2, 0.25) is 0 Å². The van der Waals surface area contributed by atoms with Crippen molar-refractivity contribution in [2.75, 3.05) is 11.9 Å². The smallest absolute Gasteiger partial charge is 0.244 e. The molecule has 0 spiro atoms. The van der Waals surface area contributed by atoms with Gasteiger partial charge >= 0.3 is 0 Å². The number of nitrogens with one attached hydrogen (secondary N) is 1. The predicted octanol–water partition coefficient (Wildman–Crippen LogP) is 3.89. The zero-order chi connectivity index (χ0) is 19.8. The van der Waals surface area contributed by atoms with Crippen LogP contribution in [0, 0.1) is 17.5 Å². The Bertz CT molecular complexity index is 961. The van der Waals surface area contributed by atoms with E-state index in [4.69, 9.17) is 0 Å². The van der Waals surface area contributed by atoms with Gasteiger partial charge in [-0.1, -0.05) is 6.07 Å². The predicted molar refractivity (Wildman–Crippen MR) is 97.1 cm³/mol. The first-order valence-electron chi connectivity index (χ1n) is 9.24. The van der Waals surface area contributed by atoms with E-state index in [0.29, 0.717) is 24.1 Å². The third kappa shape index (κ3) is 3.61. The lowest BCUT2D eigenvalue weighted by molar-refractivity contribution is -0.135. The second-order valence-corrected chi connectivity index (χ2v) is 7.34. The van der Waals surface area contributed by atoms with Crippen LogP contribution in [0.15, 0.2) is 30.3 Å². The Kier molecular flexibility index (Phi) is 4.83. The summed E-state index contributed by atoms with van der Waals surface area (Å²) < 4.78 is 40.4. The largest absolute Gasteiger partial charge is 0.329 e. The van der Waals surface area contributed by atoms with Gasteiger partial charge < -0.3 is 10.2 Å². The van der Waals surface area contributed by atoms with Crippen LogP contribution in [-0.4, -0.2) is 23.3 Å². The Morgan fingerprint density at radius 2 is 1.86 bits per heavy atom. The highest BCUT2D eigenvalue weighted by molar-refractivity contribution is 5.96. The third-order valence-electron chi connectivity index (χ3n) is 5.49. The van der Waals surface area contributed by atoms with Crippen molar-refractivity contribution in [3.8, 4) is 0 Å². The summed E-state index contributed by atoms with van der Waals surface area (Å²) in [6.45, 7) is 0.116. The quantitative estimate of drug-likeness (QED) is 0.867. The maximum absolute atomic E-state index is 13.6. The highest BCUT2D eigenvalue weighted by atomic mass is 19.2. The third-order valence-corrected chi connectivity index (χ3v) is 5.49. The summed E-state index contributed by atoms with van der Waals surface area (Å²) in [6, 6.07) is 6.56. The molecule has 4 nitrogen and oxygen atoms in total. The van der Waals surface area contributed by atoms with Gasteiger partial charge in [-0.3, -0.25) is 9.59 Å². The van der Waals surface area contributed by atoms with Crippen molar-refractivity contribution < 1.29 is 22.8 Å². The molecule has 1 N–H and O–H groups in total. The Morgan fingerprint density at radius 1 is 1.07 bits per heavy atom. The second kappa shape index (κ2) is 7.30. The maximum atomic E-state index is 13.6. The monoisotopic (exact) mass is 388 g/mol. The maximum Gasteiger partial charge on any atom is 0.244 e. The number of carbonyl (C=O) groups is 2. The van der Waals surface area contributed by atoms with Gasteiger partial charge in [0.15, 0.2) is 11.6 Å². The molecular formula is C21H19F3N2O2. The summed E-state index contributed by atoms with van der Waals surface area (Å²) in [5.41, 5.74) is 2.61. The van der Waals surface area contributed by atoms with Gasteiger partial charge in [0.25, 0.3) is 0 Å². The molecule has 0 saturated heterocycles. The van der Waals surface area contributed by atoms with Crippen molar-refractivity contribution >= 4 is 17.5 Å². The zero-order valence-electron chi connectivity index (χ0n) is 15.1. The molecule has 7 heteroatoms. The topological polar surface area (TPSA) is 49.4 Å². The van der Waals surface area contributed by atoms with Gasteiger partial charge in [-0.2, -0.15) is 0 Å². The molecule has 2 amide bonds. The Labute approximate surface area is 160 Å². The molecule has 0 fully saturated rings. The molecule has 146 valence electrons. The van der Waals surface area contributed by atoms with Crippen LogP contribution >= 0.6 is 0 Å². The molecule has 0 radical (unpaired) electrons. The summed E-state index contributed by atoms with van der Waals surface area (Å²) in [4.78, 5) is 26.2. The molecule has 1 heterocycles. The fourth-order valence-electron chi connectivity index (χ4n) is 4.04. The van der Waals surface area contributed by atoms with E-state index in [2.05, 4.69) is 5.32 Å². The summed E-state index contributed by atoms with van der Waals surface area (Å²) in [5.74, 6) is -2.74. The molecule has 1 aliphatic heterocycles. The van der Waals surface area contributed by atoms with Crippen molar-refractivity contribution in [3.05, 3.63) is 64.5 Å². The number of halogens is 3. The van der Waals surface area contributed by atoms with Crippen LogP contribution in [-0.2, 0) is 22.6 Å². The first-order valence-corrected chi connectivity index (χ1v) is 9.24. The van der Waals surface area contributed by atoms with Crippen molar-refractivity contribution in [2.45, 2.75) is 38.1 Å². The van der Waals surface area contributed by atoms with E-state index in [1.807, 2.05) is 0 Å². The minimum atomic E-state index is -0.870. The number of hydrogen-bond acceptors (Lipinski definition) is 2. The van der Waals surface area contributed by atoms with Crippen LogP contribution in [0.1, 0.15) is 41.9 Å². The first kappa shape index (κ1) is 18.5. The molecule has 0 saturated carbocycles. The van der Waals surface area contributed by atoms with Crippen molar-refractivity contribution in [3.63, 3.8) is 0 Å². The lowest BCUT2D eigenvalue weighted by Crippen LogP contribution is -2.35. The molecule has 0 aromatic heterocycles. The number of hydrogen-bond donors (Lipinski definition) is 1. The van der Waals surface area contributed by atoms with E-state index in [9.17, 15) is 22.8 Å². The standard InChI is InChI=1S/C21H19F3N2O2/c22-15-5-3-14-10-26(11-20(27)25-19(14)8-15)21(28)6-4-12-1-2-13-7-17(23)18(24)9-16(12)13/h3,5,7-9,12H,1-2,4,6,10-11H2,(H,25,27). The van der Waals surface area contributed by atoms with Crippen LogP contribution in [0.4, 0.5) is 18.9 Å². The lowest BCUT2D eigenvalue weighted by Gasteiger charge is -2.21. The first-order chi connectivity index (χ1) is 13.4. The Balaban J connectivity index is 1.44. The summed E-state index contributed by atoms with van der Waals surface area (Å²) in [7, 11) is 0. The van der Waals surface area contributed by atoms with E-state index in [0.717, 1.165) is 17.5 Å². The van der Waals surface area contributed by atoms with Crippen molar-refractivity contribution in [2.24, 2.45) is 0 Å². The van der Waals surface area contributed by atoms with Gasteiger partial charge in [-0.15, -0.1) is 0 Å². The van der Waals surface area contributed by atoms with E-state index >= 15 is 0 Å². The molecule has 1 unspecified atom stereocenters. The van der Waals surface area contributed by atoms with E-state index < -0.39 is 17.5 Å². The van der Waals surface area contributed by atoms with E-state index in [1.54, 1.807) is 6.07 Å². The Hall–Kier alpha value is -2.83. The lowest BCUT2D eigenvalue weighted by atomic mass is 9.95. The molecule has 2 aromatic rings. The normalized spacial score (nSPS) is 18.3.